The van der Waals surface area contributed by atoms with Gasteiger partial charge in [-0.25, -0.2) is 4.98 Å². The molecule has 1 heterocycles. The van der Waals surface area contributed by atoms with E-state index in [0.29, 0.717) is 29.7 Å². The van der Waals surface area contributed by atoms with Crippen molar-refractivity contribution in [3.63, 3.8) is 0 Å². The van der Waals surface area contributed by atoms with Crippen LogP contribution in [-0.4, -0.2) is 18.7 Å². The van der Waals surface area contributed by atoms with Crippen molar-refractivity contribution in [3.8, 4) is 22.1 Å². The summed E-state index contributed by atoms with van der Waals surface area (Å²) in [5.74, 6) is 1.34. The van der Waals surface area contributed by atoms with Crippen LogP contribution in [0.1, 0.15) is 18.1 Å². The summed E-state index contributed by atoms with van der Waals surface area (Å²) in [6.45, 7) is 5.18. The highest BCUT2D eigenvalue weighted by Gasteiger charge is 2.11. The molecule has 1 aromatic heterocycles. The largest absolute Gasteiger partial charge is 0.493 e. The van der Waals surface area contributed by atoms with E-state index >= 15 is 0 Å². The van der Waals surface area contributed by atoms with Crippen molar-refractivity contribution in [2.45, 2.75) is 20.4 Å². The van der Waals surface area contributed by atoms with E-state index in [1.54, 1.807) is 24.5 Å². The van der Waals surface area contributed by atoms with Gasteiger partial charge in [-0.2, -0.15) is 0 Å². The first kappa shape index (κ1) is 20.5. The maximum atomic E-state index is 6.43. The molecule has 4 rings (SSSR count). The number of nitrogens with one attached hydrogen (secondary N) is 1. The van der Waals surface area contributed by atoms with E-state index in [4.69, 9.17) is 26.1 Å². The Morgan fingerprint density at radius 3 is 2.57 bits per heavy atom. The third-order valence-electron chi connectivity index (χ3n) is 4.79. The summed E-state index contributed by atoms with van der Waals surface area (Å²) in [5, 5.41) is 5.09. The molecule has 0 aliphatic rings. The van der Waals surface area contributed by atoms with E-state index in [-0.39, 0.29) is 0 Å². The number of rotatable bonds is 7. The van der Waals surface area contributed by atoms with Crippen molar-refractivity contribution < 1.29 is 9.47 Å². The van der Waals surface area contributed by atoms with Gasteiger partial charge in [0, 0.05) is 28.9 Å². The Kier molecular flexibility index (Phi) is 6.11. The van der Waals surface area contributed by atoms with E-state index < -0.39 is 0 Å². The molecule has 30 heavy (non-hydrogen) atoms. The lowest BCUT2D eigenvalue weighted by atomic mass is 10.1. The average molecular weight is 439 g/mol. The van der Waals surface area contributed by atoms with Gasteiger partial charge in [0.15, 0.2) is 11.5 Å². The van der Waals surface area contributed by atoms with Crippen LogP contribution in [0.15, 0.2) is 54.6 Å². The van der Waals surface area contributed by atoms with Crippen LogP contribution in [0, 0.1) is 6.92 Å². The molecule has 4 nitrogen and oxygen atoms in total. The summed E-state index contributed by atoms with van der Waals surface area (Å²) in [4.78, 5) is 4.76. The fraction of sp³-hybridized carbons (Fsp3) is 0.208. The molecule has 3 aromatic carbocycles. The molecule has 0 saturated heterocycles. The van der Waals surface area contributed by atoms with E-state index in [1.807, 2.05) is 13.0 Å². The maximum Gasteiger partial charge on any atom is 0.162 e. The summed E-state index contributed by atoms with van der Waals surface area (Å²) in [5.41, 5.74) is 5.37. The topological polar surface area (TPSA) is 43.4 Å². The second-order valence-electron chi connectivity index (χ2n) is 6.95. The standard InChI is InChI=1S/C24H23ClN2O2S/c1-4-29-22-13-19(25)17(12-21(22)28-3)14-26-18-8-6-16(7-9-18)24-27-20-10-5-15(2)11-23(20)30-24/h5-13,26H,4,14H2,1-3H3. The summed E-state index contributed by atoms with van der Waals surface area (Å²) < 4.78 is 12.2. The van der Waals surface area contributed by atoms with Crippen LogP contribution >= 0.6 is 22.9 Å². The number of anilines is 1. The number of nitrogens with zero attached hydrogens (tertiary/aromatic N) is 1. The van der Waals surface area contributed by atoms with E-state index in [1.165, 1.54) is 10.3 Å². The van der Waals surface area contributed by atoms with Gasteiger partial charge in [-0.3, -0.25) is 0 Å². The molecule has 0 radical (unpaired) electrons. The van der Waals surface area contributed by atoms with E-state index in [2.05, 4.69) is 54.7 Å². The zero-order valence-corrected chi connectivity index (χ0v) is 18.7. The molecule has 0 aliphatic heterocycles. The first-order valence-corrected chi connectivity index (χ1v) is 11.0. The second-order valence-corrected chi connectivity index (χ2v) is 8.39. The van der Waals surface area contributed by atoms with Crippen LogP contribution in [0.2, 0.25) is 5.02 Å². The molecule has 4 aromatic rings. The smallest absolute Gasteiger partial charge is 0.162 e. The number of aryl methyl sites for hydroxylation is 1. The first-order chi connectivity index (χ1) is 14.6. The zero-order chi connectivity index (χ0) is 21.1. The molecular weight excluding hydrogens is 416 g/mol. The van der Waals surface area contributed by atoms with Gasteiger partial charge in [0.1, 0.15) is 5.01 Å². The Morgan fingerprint density at radius 2 is 1.83 bits per heavy atom. The number of benzene rings is 3. The van der Waals surface area contributed by atoms with Gasteiger partial charge in [0.25, 0.3) is 0 Å². The summed E-state index contributed by atoms with van der Waals surface area (Å²) in [6, 6.07) is 18.4. The van der Waals surface area contributed by atoms with Crippen LogP contribution in [-0.2, 0) is 6.54 Å². The van der Waals surface area contributed by atoms with Gasteiger partial charge in [-0.1, -0.05) is 17.7 Å². The Bertz CT molecular complexity index is 1170. The van der Waals surface area contributed by atoms with Crippen LogP contribution < -0.4 is 14.8 Å². The summed E-state index contributed by atoms with van der Waals surface area (Å²) in [7, 11) is 1.63. The first-order valence-electron chi connectivity index (χ1n) is 9.78. The van der Waals surface area contributed by atoms with Crippen molar-refractivity contribution in [2.24, 2.45) is 0 Å². The summed E-state index contributed by atoms with van der Waals surface area (Å²) in [6.07, 6.45) is 0. The summed E-state index contributed by atoms with van der Waals surface area (Å²) >= 11 is 8.15. The Labute approximate surface area is 185 Å². The molecule has 6 heteroatoms. The fourth-order valence-electron chi connectivity index (χ4n) is 3.22. The van der Waals surface area contributed by atoms with Gasteiger partial charge >= 0.3 is 0 Å². The highest BCUT2D eigenvalue weighted by atomic mass is 35.5. The van der Waals surface area contributed by atoms with Crippen LogP contribution in [0.5, 0.6) is 11.5 Å². The highest BCUT2D eigenvalue weighted by Crippen LogP contribution is 2.34. The van der Waals surface area contributed by atoms with Crippen LogP contribution in [0.3, 0.4) is 0 Å². The van der Waals surface area contributed by atoms with Gasteiger partial charge < -0.3 is 14.8 Å². The average Bonchev–Trinajstić information content (AvgIpc) is 3.17. The molecule has 0 spiro atoms. The van der Waals surface area contributed by atoms with Crippen molar-refractivity contribution in [2.75, 3.05) is 19.0 Å². The minimum absolute atomic E-state index is 0.560. The molecule has 0 unspecified atom stereocenters. The lowest BCUT2D eigenvalue weighted by Gasteiger charge is -2.14. The van der Waals surface area contributed by atoms with Crippen molar-refractivity contribution in [3.05, 3.63) is 70.7 Å². The number of aromatic nitrogens is 1. The molecule has 0 saturated carbocycles. The molecule has 0 aliphatic carbocycles. The van der Waals surface area contributed by atoms with Crippen LogP contribution in [0.4, 0.5) is 5.69 Å². The van der Waals surface area contributed by atoms with E-state index in [9.17, 15) is 0 Å². The van der Waals surface area contributed by atoms with E-state index in [0.717, 1.165) is 27.3 Å². The lowest BCUT2D eigenvalue weighted by molar-refractivity contribution is 0.311. The predicted molar refractivity (Wildman–Crippen MR) is 126 cm³/mol. The highest BCUT2D eigenvalue weighted by molar-refractivity contribution is 7.21. The number of thiazole rings is 1. The monoisotopic (exact) mass is 438 g/mol. The maximum absolute atomic E-state index is 6.43. The Morgan fingerprint density at radius 1 is 1.03 bits per heavy atom. The number of ether oxygens (including phenoxy) is 2. The van der Waals surface area contributed by atoms with Crippen molar-refractivity contribution in [1.29, 1.82) is 0 Å². The van der Waals surface area contributed by atoms with Crippen molar-refractivity contribution >= 4 is 38.8 Å². The van der Waals surface area contributed by atoms with Gasteiger partial charge in [-0.15, -0.1) is 11.3 Å². The second kappa shape index (κ2) is 8.94. The molecule has 0 fully saturated rings. The number of methoxy groups -OCH3 is 1. The number of hydrogen-bond donors (Lipinski definition) is 1. The number of halogens is 1. The number of fused-ring (bicyclic) bond motifs is 1. The SMILES string of the molecule is CCOc1cc(Cl)c(CNc2ccc(-c3nc4ccc(C)cc4s3)cc2)cc1OC. The quantitative estimate of drug-likeness (QED) is 0.339. The third kappa shape index (κ3) is 4.37. The Hall–Kier alpha value is -2.76. The fourth-order valence-corrected chi connectivity index (χ4v) is 4.51. The van der Waals surface area contributed by atoms with Gasteiger partial charge in [0.05, 0.1) is 23.9 Å². The predicted octanol–water partition coefficient (Wildman–Crippen LogP) is 6.94. The normalized spacial score (nSPS) is 10.9. The van der Waals surface area contributed by atoms with Gasteiger partial charge in [-0.05, 0) is 67.4 Å². The minimum Gasteiger partial charge on any atom is -0.493 e. The zero-order valence-electron chi connectivity index (χ0n) is 17.2. The molecule has 0 atom stereocenters. The molecular formula is C24H23ClN2O2S. The molecule has 0 amide bonds. The third-order valence-corrected chi connectivity index (χ3v) is 6.21. The molecule has 1 N–H and O–H groups in total. The van der Waals surface area contributed by atoms with Gasteiger partial charge in [0.2, 0.25) is 0 Å². The lowest BCUT2D eigenvalue weighted by Crippen LogP contribution is -2.02. The number of hydrogen-bond acceptors (Lipinski definition) is 5. The van der Waals surface area contributed by atoms with Crippen LogP contribution in [0.25, 0.3) is 20.8 Å². The molecule has 154 valence electrons. The Balaban J connectivity index is 1.48. The van der Waals surface area contributed by atoms with Crippen molar-refractivity contribution in [1.82, 2.24) is 4.98 Å². The molecule has 0 bridgehead atoms. The minimum atomic E-state index is 0.560.